The number of benzene rings is 1. The molecule has 0 aliphatic rings. The van der Waals surface area contributed by atoms with Gasteiger partial charge in [-0.25, -0.2) is 0 Å². The van der Waals surface area contributed by atoms with Crippen LogP contribution in [0.3, 0.4) is 0 Å². The predicted molar refractivity (Wildman–Crippen MR) is 91.7 cm³/mol. The minimum Gasteiger partial charge on any atom is -0.459 e. The second kappa shape index (κ2) is 8.94. The summed E-state index contributed by atoms with van der Waals surface area (Å²) in [6, 6.07) is 10.0. The van der Waals surface area contributed by atoms with E-state index < -0.39 is 0 Å². The molecule has 1 rings (SSSR count). The molecule has 124 valence electrons. The SMILES string of the molecule is CC[C@H](C)[C@H](C(=O)OCC[N+](C)(CC)CC)c1ccccc1. The lowest BCUT2D eigenvalue weighted by atomic mass is 9.86. The largest absolute Gasteiger partial charge is 0.459 e. The van der Waals surface area contributed by atoms with Crippen LogP contribution in [0.5, 0.6) is 0 Å². The maximum Gasteiger partial charge on any atom is 0.313 e. The van der Waals surface area contributed by atoms with Crippen LogP contribution in [-0.4, -0.2) is 43.7 Å². The number of ether oxygens (including phenoxy) is 1. The summed E-state index contributed by atoms with van der Waals surface area (Å²) in [4.78, 5) is 12.6. The van der Waals surface area contributed by atoms with E-state index >= 15 is 0 Å². The van der Waals surface area contributed by atoms with E-state index in [-0.39, 0.29) is 17.8 Å². The monoisotopic (exact) mass is 306 g/mol. The summed E-state index contributed by atoms with van der Waals surface area (Å²) in [5, 5.41) is 0. The number of hydrogen-bond donors (Lipinski definition) is 0. The fraction of sp³-hybridized carbons (Fsp3) is 0.632. The van der Waals surface area contributed by atoms with Gasteiger partial charge in [-0.15, -0.1) is 0 Å². The molecular weight excluding hydrogens is 274 g/mol. The second-order valence-electron chi connectivity index (χ2n) is 6.42. The van der Waals surface area contributed by atoms with Crippen LogP contribution in [0.25, 0.3) is 0 Å². The number of rotatable bonds is 9. The summed E-state index contributed by atoms with van der Waals surface area (Å²) in [6.45, 7) is 12.1. The lowest BCUT2D eigenvalue weighted by molar-refractivity contribution is -0.906. The highest BCUT2D eigenvalue weighted by atomic mass is 16.5. The molecule has 1 aromatic carbocycles. The highest BCUT2D eigenvalue weighted by Crippen LogP contribution is 2.28. The zero-order chi connectivity index (χ0) is 16.6. The van der Waals surface area contributed by atoms with Gasteiger partial charge in [0, 0.05) is 0 Å². The lowest BCUT2D eigenvalue weighted by Crippen LogP contribution is -2.46. The molecule has 2 atom stereocenters. The van der Waals surface area contributed by atoms with Gasteiger partial charge in [0.05, 0.1) is 26.1 Å². The van der Waals surface area contributed by atoms with Gasteiger partial charge >= 0.3 is 5.97 Å². The van der Waals surface area contributed by atoms with Gasteiger partial charge in [0.1, 0.15) is 13.2 Å². The van der Waals surface area contributed by atoms with E-state index in [0.29, 0.717) is 6.61 Å². The molecule has 0 saturated carbocycles. The molecule has 0 bridgehead atoms. The van der Waals surface area contributed by atoms with Crippen molar-refractivity contribution in [2.75, 3.05) is 33.3 Å². The molecule has 0 spiro atoms. The van der Waals surface area contributed by atoms with Crippen molar-refractivity contribution in [2.45, 2.75) is 40.0 Å². The number of hydrogen-bond acceptors (Lipinski definition) is 2. The van der Waals surface area contributed by atoms with Gasteiger partial charge in [-0.1, -0.05) is 50.6 Å². The normalized spacial score (nSPS) is 14.4. The Morgan fingerprint density at radius 2 is 1.73 bits per heavy atom. The van der Waals surface area contributed by atoms with Crippen molar-refractivity contribution in [2.24, 2.45) is 5.92 Å². The summed E-state index contributed by atoms with van der Waals surface area (Å²) in [5.41, 5.74) is 1.06. The molecule has 0 unspecified atom stereocenters. The topological polar surface area (TPSA) is 26.3 Å². The Morgan fingerprint density at radius 1 is 1.14 bits per heavy atom. The fourth-order valence-electron chi connectivity index (χ4n) is 2.59. The minimum absolute atomic E-state index is 0.0840. The van der Waals surface area contributed by atoms with E-state index in [1.165, 1.54) is 0 Å². The standard InChI is InChI=1S/C19H32NO2/c1-6-16(4)18(17-12-10-9-11-13-17)19(21)22-15-14-20(5,7-2)8-3/h9-13,16,18H,6-8,14-15H2,1-5H3/q+1/t16-,18-/m0/s1. The summed E-state index contributed by atoms with van der Waals surface area (Å²) >= 11 is 0. The first-order valence-corrected chi connectivity index (χ1v) is 8.52. The number of carbonyl (C=O) groups is 1. The molecule has 0 aliphatic carbocycles. The van der Waals surface area contributed by atoms with Crippen LogP contribution in [0.15, 0.2) is 30.3 Å². The van der Waals surface area contributed by atoms with Crippen LogP contribution >= 0.6 is 0 Å². The van der Waals surface area contributed by atoms with Crippen molar-refractivity contribution < 1.29 is 14.0 Å². The van der Waals surface area contributed by atoms with E-state index in [4.69, 9.17) is 4.74 Å². The Kier molecular flexibility index (Phi) is 7.60. The number of quaternary nitrogens is 1. The third-order valence-electron chi connectivity index (χ3n) is 5.03. The first-order valence-electron chi connectivity index (χ1n) is 8.52. The van der Waals surface area contributed by atoms with Gasteiger partial charge in [0.2, 0.25) is 0 Å². The van der Waals surface area contributed by atoms with Gasteiger partial charge in [-0.05, 0) is 25.3 Å². The van der Waals surface area contributed by atoms with Crippen molar-refractivity contribution in [3.63, 3.8) is 0 Å². The average molecular weight is 306 g/mol. The van der Waals surface area contributed by atoms with Crippen LogP contribution in [0.4, 0.5) is 0 Å². The van der Waals surface area contributed by atoms with Crippen LogP contribution < -0.4 is 0 Å². The first-order chi connectivity index (χ1) is 10.5. The average Bonchev–Trinajstić information content (AvgIpc) is 2.55. The summed E-state index contributed by atoms with van der Waals surface area (Å²) in [6.07, 6.45) is 0.965. The zero-order valence-electron chi connectivity index (χ0n) is 14.8. The zero-order valence-corrected chi connectivity index (χ0v) is 14.8. The van der Waals surface area contributed by atoms with Gasteiger partial charge in [0.15, 0.2) is 0 Å². The van der Waals surface area contributed by atoms with E-state index in [1.807, 2.05) is 30.3 Å². The van der Waals surface area contributed by atoms with Crippen molar-refractivity contribution in [3.8, 4) is 0 Å². The lowest BCUT2D eigenvalue weighted by Gasteiger charge is -2.32. The Balaban J connectivity index is 2.70. The van der Waals surface area contributed by atoms with E-state index in [9.17, 15) is 4.79 Å². The molecule has 22 heavy (non-hydrogen) atoms. The van der Waals surface area contributed by atoms with Crippen LogP contribution in [0, 0.1) is 5.92 Å². The van der Waals surface area contributed by atoms with E-state index in [1.54, 1.807) is 0 Å². The van der Waals surface area contributed by atoms with Gasteiger partial charge in [-0.3, -0.25) is 4.79 Å². The number of carbonyl (C=O) groups excluding carboxylic acids is 1. The van der Waals surface area contributed by atoms with Crippen LogP contribution in [0.1, 0.15) is 45.6 Å². The third kappa shape index (κ3) is 5.13. The smallest absolute Gasteiger partial charge is 0.313 e. The van der Waals surface area contributed by atoms with Gasteiger partial charge in [0.25, 0.3) is 0 Å². The molecule has 0 aromatic heterocycles. The summed E-state index contributed by atoms with van der Waals surface area (Å²) in [7, 11) is 2.21. The maximum atomic E-state index is 12.6. The van der Waals surface area contributed by atoms with Crippen molar-refractivity contribution >= 4 is 5.97 Å². The Hall–Kier alpha value is -1.35. The Morgan fingerprint density at radius 3 is 2.23 bits per heavy atom. The predicted octanol–water partition coefficient (Wildman–Crippen LogP) is 3.85. The fourth-order valence-corrected chi connectivity index (χ4v) is 2.59. The molecule has 0 fully saturated rings. The summed E-state index contributed by atoms with van der Waals surface area (Å²) in [5.74, 6) is 0.0423. The van der Waals surface area contributed by atoms with Gasteiger partial charge in [-0.2, -0.15) is 0 Å². The summed E-state index contributed by atoms with van der Waals surface area (Å²) < 4.78 is 6.56. The minimum atomic E-state index is -0.159. The molecule has 0 radical (unpaired) electrons. The molecule has 0 aliphatic heterocycles. The maximum absolute atomic E-state index is 12.6. The quantitative estimate of drug-likeness (QED) is 0.512. The molecule has 0 N–H and O–H groups in total. The van der Waals surface area contributed by atoms with Crippen LogP contribution in [-0.2, 0) is 9.53 Å². The Labute approximate surface area is 135 Å². The van der Waals surface area contributed by atoms with Crippen molar-refractivity contribution in [1.29, 1.82) is 0 Å². The van der Waals surface area contributed by atoms with Gasteiger partial charge < -0.3 is 9.22 Å². The molecule has 1 aromatic rings. The second-order valence-corrected chi connectivity index (χ2v) is 6.42. The Bertz CT molecular complexity index is 440. The van der Waals surface area contributed by atoms with Crippen molar-refractivity contribution in [1.82, 2.24) is 0 Å². The molecule has 0 heterocycles. The number of likely N-dealkylation sites (N-methyl/N-ethyl adjacent to an activating group) is 1. The van der Waals surface area contributed by atoms with E-state index in [2.05, 4.69) is 34.7 Å². The number of esters is 1. The first kappa shape index (κ1) is 18.7. The van der Waals surface area contributed by atoms with Crippen molar-refractivity contribution in [3.05, 3.63) is 35.9 Å². The highest BCUT2D eigenvalue weighted by Gasteiger charge is 2.28. The molecule has 3 heteroatoms. The molecule has 0 saturated heterocycles. The molecular formula is C19H32NO2+. The highest BCUT2D eigenvalue weighted by molar-refractivity contribution is 5.78. The third-order valence-corrected chi connectivity index (χ3v) is 5.03. The van der Waals surface area contributed by atoms with Crippen LogP contribution in [0.2, 0.25) is 0 Å². The molecule has 0 amide bonds. The number of nitrogens with zero attached hydrogens (tertiary/aromatic N) is 1. The molecule has 3 nitrogen and oxygen atoms in total. The van der Waals surface area contributed by atoms with E-state index in [0.717, 1.165) is 36.1 Å².